The molecule has 0 saturated heterocycles. The summed E-state index contributed by atoms with van der Waals surface area (Å²) in [4.78, 5) is 20.3. The fraction of sp³-hybridized carbons (Fsp3) is 0.0333. The smallest absolute Gasteiger partial charge is 0.280 e. The number of carbonyl (C=O) groups is 1. The van der Waals surface area contributed by atoms with Crippen molar-refractivity contribution in [1.29, 1.82) is 0 Å². The Hall–Kier alpha value is -6.11. The number of fused-ring (bicyclic) bond motifs is 4. The minimum absolute atomic E-state index is 0.125. The maximum Gasteiger partial charge on any atom is 0.280 e. The zero-order valence-corrected chi connectivity index (χ0v) is 22.1. The van der Waals surface area contributed by atoms with Gasteiger partial charge in [0.2, 0.25) is 0 Å². The number of benzene rings is 2. The van der Waals surface area contributed by atoms with Gasteiger partial charge < -0.3 is 20.1 Å². The van der Waals surface area contributed by atoms with Crippen LogP contribution in [0.4, 0.5) is 20.2 Å². The Labute approximate surface area is 242 Å². The Morgan fingerprint density at radius 1 is 0.721 bits per heavy atom. The molecular weight excluding hydrogens is 558 g/mol. The van der Waals surface area contributed by atoms with Gasteiger partial charge in [0.25, 0.3) is 5.91 Å². The fourth-order valence-electron chi connectivity index (χ4n) is 4.45. The Kier molecular flexibility index (Phi) is 6.43. The van der Waals surface area contributed by atoms with Gasteiger partial charge >= 0.3 is 0 Å². The molecule has 13 heteroatoms. The Bertz CT molecular complexity index is 1960. The first-order valence-corrected chi connectivity index (χ1v) is 13.0. The Morgan fingerprint density at radius 3 is 2.00 bits per heavy atom. The quantitative estimate of drug-likeness (QED) is 0.261. The van der Waals surface area contributed by atoms with E-state index in [4.69, 9.17) is 9.47 Å². The van der Waals surface area contributed by atoms with Crippen LogP contribution in [0.1, 0.15) is 16.2 Å². The predicted molar refractivity (Wildman–Crippen MR) is 151 cm³/mol. The van der Waals surface area contributed by atoms with Crippen molar-refractivity contribution >= 4 is 17.3 Å². The Morgan fingerprint density at radius 2 is 1.33 bits per heavy atom. The summed E-state index contributed by atoms with van der Waals surface area (Å²) in [7, 11) is 0. The maximum atomic E-state index is 13.3. The SMILES string of the molecule is Fc1ccc2c(c1)NCc1nn(-c3cccnc3)cc1O2.O=C1Nc2cc(F)ccc2Oc2cn(-c3cccnc3)nc21. The molecule has 1 amide bonds. The second kappa shape index (κ2) is 10.7. The first kappa shape index (κ1) is 25.8. The Balaban J connectivity index is 0.000000140. The zero-order chi connectivity index (χ0) is 29.3. The average Bonchev–Trinajstić information content (AvgIpc) is 3.56. The molecule has 2 aromatic carbocycles. The van der Waals surface area contributed by atoms with E-state index in [0.29, 0.717) is 40.9 Å². The second-order valence-corrected chi connectivity index (χ2v) is 9.39. The van der Waals surface area contributed by atoms with Crippen LogP contribution in [0, 0.1) is 11.6 Å². The number of anilines is 2. The zero-order valence-electron chi connectivity index (χ0n) is 22.1. The molecule has 6 heterocycles. The van der Waals surface area contributed by atoms with Gasteiger partial charge in [0, 0.05) is 24.5 Å². The lowest BCUT2D eigenvalue weighted by molar-refractivity contribution is 0.102. The first-order chi connectivity index (χ1) is 21.0. The standard InChI is InChI=1S/C15H9FN4O2.C15H11FN4O/c16-9-3-4-12-11(6-9)18-15(21)14-13(22-12)8-20(19-14)10-2-1-5-17-7-10;16-10-3-4-14-12(6-10)18-8-13-15(21-14)9-20(19-13)11-2-1-5-17-7-11/h1-8H,(H,18,21);1-7,9,18H,8H2. The second-order valence-electron chi connectivity index (χ2n) is 9.39. The van der Waals surface area contributed by atoms with Gasteiger partial charge in [-0.25, -0.2) is 18.1 Å². The third kappa shape index (κ3) is 5.22. The lowest BCUT2D eigenvalue weighted by Crippen LogP contribution is -2.12. The van der Waals surface area contributed by atoms with E-state index in [1.807, 2.05) is 12.1 Å². The predicted octanol–water partition coefficient (Wildman–Crippen LogP) is 5.89. The van der Waals surface area contributed by atoms with Gasteiger partial charge in [0.15, 0.2) is 28.7 Å². The lowest BCUT2D eigenvalue weighted by atomic mass is 10.3. The highest BCUT2D eigenvalue weighted by molar-refractivity contribution is 6.06. The minimum Gasteiger partial charge on any atom is -0.451 e. The van der Waals surface area contributed by atoms with Crippen molar-refractivity contribution in [1.82, 2.24) is 29.5 Å². The first-order valence-electron chi connectivity index (χ1n) is 13.0. The number of aromatic nitrogens is 6. The molecule has 2 aliphatic rings. The molecule has 43 heavy (non-hydrogen) atoms. The number of nitrogens with zero attached hydrogens (tertiary/aromatic N) is 6. The van der Waals surface area contributed by atoms with Crippen molar-refractivity contribution in [2.24, 2.45) is 0 Å². The van der Waals surface area contributed by atoms with Gasteiger partial charge in [0.1, 0.15) is 17.3 Å². The fourth-order valence-corrected chi connectivity index (χ4v) is 4.45. The number of ether oxygens (including phenoxy) is 2. The van der Waals surface area contributed by atoms with E-state index in [-0.39, 0.29) is 17.2 Å². The molecular formula is C30H20F2N8O3. The molecule has 0 bridgehead atoms. The molecule has 6 aromatic rings. The van der Waals surface area contributed by atoms with Gasteiger partial charge in [-0.2, -0.15) is 10.2 Å². The normalized spacial score (nSPS) is 12.7. The molecule has 0 atom stereocenters. The molecule has 0 radical (unpaired) electrons. The number of hydrogen-bond acceptors (Lipinski definition) is 8. The van der Waals surface area contributed by atoms with E-state index < -0.39 is 11.7 Å². The molecule has 0 unspecified atom stereocenters. The topological polar surface area (TPSA) is 121 Å². The highest BCUT2D eigenvalue weighted by Crippen LogP contribution is 2.37. The number of halogens is 2. The van der Waals surface area contributed by atoms with Crippen molar-refractivity contribution in [2.45, 2.75) is 6.54 Å². The van der Waals surface area contributed by atoms with E-state index in [0.717, 1.165) is 11.4 Å². The number of nitrogens with one attached hydrogen (secondary N) is 2. The van der Waals surface area contributed by atoms with Crippen molar-refractivity contribution in [3.05, 3.63) is 121 Å². The summed E-state index contributed by atoms with van der Waals surface area (Å²) in [6, 6.07) is 15.6. The number of pyridine rings is 2. The molecule has 2 N–H and O–H groups in total. The highest BCUT2D eigenvalue weighted by atomic mass is 19.1. The third-order valence-electron chi connectivity index (χ3n) is 6.49. The van der Waals surface area contributed by atoms with Crippen LogP contribution in [0.25, 0.3) is 11.4 Å². The number of hydrogen-bond donors (Lipinski definition) is 2. The van der Waals surface area contributed by atoms with Crippen molar-refractivity contribution in [3.63, 3.8) is 0 Å². The van der Waals surface area contributed by atoms with Gasteiger partial charge in [-0.05, 0) is 48.5 Å². The van der Waals surface area contributed by atoms with Crippen LogP contribution in [-0.4, -0.2) is 35.4 Å². The summed E-state index contributed by atoms with van der Waals surface area (Å²) in [5.41, 5.74) is 3.34. The molecule has 11 nitrogen and oxygen atoms in total. The van der Waals surface area contributed by atoms with E-state index in [2.05, 4.69) is 30.8 Å². The lowest BCUT2D eigenvalue weighted by Gasteiger charge is -2.07. The number of amides is 1. The average molecular weight is 579 g/mol. The molecule has 8 rings (SSSR count). The third-order valence-corrected chi connectivity index (χ3v) is 6.49. The van der Waals surface area contributed by atoms with Gasteiger partial charge in [-0.3, -0.25) is 14.8 Å². The molecule has 0 spiro atoms. The van der Waals surface area contributed by atoms with Crippen LogP contribution in [-0.2, 0) is 6.54 Å². The largest absolute Gasteiger partial charge is 0.451 e. The van der Waals surface area contributed by atoms with E-state index in [9.17, 15) is 13.6 Å². The maximum absolute atomic E-state index is 13.3. The van der Waals surface area contributed by atoms with Crippen molar-refractivity contribution in [3.8, 4) is 34.4 Å². The summed E-state index contributed by atoms with van der Waals surface area (Å²) >= 11 is 0. The van der Waals surface area contributed by atoms with Crippen LogP contribution in [0.2, 0.25) is 0 Å². The van der Waals surface area contributed by atoms with Gasteiger partial charge in [-0.1, -0.05) is 0 Å². The summed E-state index contributed by atoms with van der Waals surface area (Å²) in [6.45, 7) is 0.471. The van der Waals surface area contributed by atoms with Crippen LogP contribution >= 0.6 is 0 Å². The number of carbonyl (C=O) groups excluding carboxylic acids is 1. The van der Waals surface area contributed by atoms with Crippen molar-refractivity contribution < 1.29 is 23.0 Å². The summed E-state index contributed by atoms with van der Waals surface area (Å²) in [5.74, 6) is 0.679. The van der Waals surface area contributed by atoms with Crippen LogP contribution in [0.15, 0.2) is 97.8 Å². The van der Waals surface area contributed by atoms with Crippen LogP contribution < -0.4 is 20.1 Å². The van der Waals surface area contributed by atoms with E-state index >= 15 is 0 Å². The molecule has 4 aromatic heterocycles. The summed E-state index contributed by atoms with van der Waals surface area (Å²) in [6.07, 6.45) is 10.1. The monoisotopic (exact) mass is 578 g/mol. The highest BCUT2D eigenvalue weighted by Gasteiger charge is 2.25. The molecule has 2 aliphatic heterocycles. The van der Waals surface area contributed by atoms with E-state index in [1.54, 1.807) is 60.1 Å². The molecule has 0 saturated carbocycles. The molecule has 0 aliphatic carbocycles. The van der Waals surface area contributed by atoms with Crippen LogP contribution in [0.5, 0.6) is 23.0 Å². The van der Waals surface area contributed by atoms with Gasteiger partial charge in [0.05, 0.1) is 54.1 Å². The minimum atomic E-state index is -0.456. The molecule has 0 fully saturated rings. The van der Waals surface area contributed by atoms with Crippen molar-refractivity contribution in [2.75, 3.05) is 10.6 Å². The summed E-state index contributed by atoms with van der Waals surface area (Å²) in [5, 5.41) is 14.4. The number of rotatable bonds is 2. The summed E-state index contributed by atoms with van der Waals surface area (Å²) < 4.78 is 41.2. The molecule has 212 valence electrons. The van der Waals surface area contributed by atoms with E-state index in [1.165, 1.54) is 35.0 Å². The van der Waals surface area contributed by atoms with Gasteiger partial charge in [-0.15, -0.1) is 0 Å². The van der Waals surface area contributed by atoms with Crippen LogP contribution in [0.3, 0.4) is 0 Å².